The van der Waals surface area contributed by atoms with Crippen LogP contribution in [0.1, 0.15) is 33.5 Å². The summed E-state index contributed by atoms with van der Waals surface area (Å²) in [7, 11) is 0. The smallest absolute Gasteiger partial charge is 0.481 e. The monoisotopic (exact) mass is 629 g/mol. The van der Waals surface area contributed by atoms with Crippen molar-refractivity contribution in [2.75, 3.05) is 11.9 Å². The molecule has 0 saturated heterocycles. The summed E-state index contributed by atoms with van der Waals surface area (Å²) in [6.45, 7) is 0.451. The molecule has 0 aliphatic heterocycles. The standard InChI is InChI=1S/C34H26F3N3O4S/c35-34(36,37)44-26-12-9-21(10-13-26)30-31(24-11-14-28-25(18-24)17-23-3-1-2-4-27(23)28)45-33(40-30)39-19-20-5-7-22(8-6-20)32(43)38-16-15-29(41)42/h1-14,18H,15-17,19H2,(H,38,43)(H,39,40)(H,41,42). The number of aromatic nitrogens is 1. The molecule has 228 valence electrons. The molecule has 1 heterocycles. The number of alkyl halides is 3. The molecule has 1 amide bonds. The van der Waals surface area contributed by atoms with Gasteiger partial charge in [0.2, 0.25) is 0 Å². The van der Waals surface area contributed by atoms with Crippen molar-refractivity contribution in [2.45, 2.75) is 25.7 Å². The number of carboxylic acids is 1. The average molecular weight is 630 g/mol. The van der Waals surface area contributed by atoms with Gasteiger partial charge in [-0.3, -0.25) is 9.59 Å². The van der Waals surface area contributed by atoms with Gasteiger partial charge in [-0.15, -0.1) is 13.2 Å². The van der Waals surface area contributed by atoms with E-state index in [1.54, 1.807) is 36.4 Å². The Hall–Kier alpha value is -5.16. The van der Waals surface area contributed by atoms with Crippen LogP contribution >= 0.6 is 11.3 Å². The zero-order valence-corrected chi connectivity index (χ0v) is 24.5. The number of carboxylic acid groups (broad SMARTS) is 1. The maximum atomic E-state index is 12.7. The van der Waals surface area contributed by atoms with Gasteiger partial charge in [-0.05, 0) is 82.3 Å². The number of hydrogen-bond donors (Lipinski definition) is 3. The van der Waals surface area contributed by atoms with Crippen LogP contribution in [0.3, 0.4) is 0 Å². The van der Waals surface area contributed by atoms with Gasteiger partial charge in [0.15, 0.2) is 5.13 Å². The van der Waals surface area contributed by atoms with E-state index in [4.69, 9.17) is 10.1 Å². The number of amides is 1. The number of ether oxygens (including phenoxy) is 1. The zero-order chi connectivity index (χ0) is 31.6. The third-order valence-electron chi connectivity index (χ3n) is 7.33. The van der Waals surface area contributed by atoms with E-state index in [1.165, 1.54) is 45.7 Å². The molecule has 1 aromatic heterocycles. The first-order chi connectivity index (χ1) is 21.6. The molecule has 0 unspecified atom stereocenters. The molecular weight excluding hydrogens is 603 g/mol. The van der Waals surface area contributed by atoms with Crippen LogP contribution in [-0.4, -0.2) is 34.9 Å². The number of halogens is 3. The Balaban J connectivity index is 1.24. The van der Waals surface area contributed by atoms with E-state index < -0.39 is 12.3 Å². The highest BCUT2D eigenvalue weighted by molar-refractivity contribution is 7.19. The fourth-order valence-corrected chi connectivity index (χ4v) is 6.20. The number of aliphatic carboxylic acids is 1. The number of anilines is 1. The van der Waals surface area contributed by atoms with Crippen molar-refractivity contribution >= 4 is 28.3 Å². The highest BCUT2D eigenvalue weighted by atomic mass is 32.1. The summed E-state index contributed by atoms with van der Waals surface area (Å²) in [5.74, 6) is -1.65. The van der Waals surface area contributed by atoms with Crippen LogP contribution in [-0.2, 0) is 17.8 Å². The van der Waals surface area contributed by atoms with Crippen molar-refractivity contribution in [1.82, 2.24) is 10.3 Å². The average Bonchev–Trinajstić information content (AvgIpc) is 3.61. The largest absolute Gasteiger partial charge is 0.573 e. The Morgan fingerprint density at radius 2 is 1.60 bits per heavy atom. The lowest BCUT2D eigenvalue weighted by Gasteiger charge is -2.09. The van der Waals surface area contributed by atoms with Gasteiger partial charge in [0.05, 0.1) is 17.0 Å². The normalized spacial score (nSPS) is 11.9. The second kappa shape index (κ2) is 12.4. The highest BCUT2D eigenvalue weighted by Crippen LogP contribution is 2.43. The minimum atomic E-state index is -4.78. The summed E-state index contributed by atoms with van der Waals surface area (Å²) in [4.78, 5) is 28.6. The number of carbonyl (C=O) groups is 2. The van der Waals surface area contributed by atoms with Gasteiger partial charge in [0, 0.05) is 24.2 Å². The molecular formula is C34H26F3N3O4S. The van der Waals surface area contributed by atoms with Crippen LogP contribution in [0.5, 0.6) is 5.75 Å². The molecule has 7 nitrogen and oxygen atoms in total. The topological polar surface area (TPSA) is 101 Å². The molecule has 0 bridgehead atoms. The molecule has 1 aliphatic rings. The first-order valence-corrected chi connectivity index (χ1v) is 14.9. The van der Waals surface area contributed by atoms with E-state index in [9.17, 15) is 22.8 Å². The van der Waals surface area contributed by atoms with E-state index in [0.29, 0.717) is 28.5 Å². The lowest BCUT2D eigenvalue weighted by molar-refractivity contribution is -0.274. The number of rotatable bonds is 10. The maximum absolute atomic E-state index is 12.7. The first kappa shape index (κ1) is 29.9. The molecule has 6 rings (SSSR count). The van der Waals surface area contributed by atoms with Crippen molar-refractivity contribution in [3.63, 3.8) is 0 Å². The molecule has 0 fully saturated rings. The summed E-state index contributed by atoms with van der Waals surface area (Å²) in [6.07, 6.45) is -4.12. The summed E-state index contributed by atoms with van der Waals surface area (Å²) in [5, 5.41) is 15.3. The minimum absolute atomic E-state index is 0.0431. The Bertz CT molecular complexity index is 1870. The van der Waals surface area contributed by atoms with Gasteiger partial charge in [-0.2, -0.15) is 0 Å². The SMILES string of the molecule is O=C(O)CCNC(=O)c1ccc(CNc2nc(-c3ccc(OC(F)(F)F)cc3)c(-c3ccc4c(c3)Cc3ccccc3-4)s2)cc1. The predicted molar refractivity (Wildman–Crippen MR) is 166 cm³/mol. The van der Waals surface area contributed by atoms with Gasteiger partial charge in [0.25, 0.3) is 5.91 Å². The molecule has 0 atom stereocenters. The van der Waals surface area contributed by atoms with Crippen LogP contribution in [0.4, 0.5) is 18.3 Å². The summed E-state index contributed by atoms with van der Waals surface area (Å²) in [6, 6.07) is 27.2. The van der Waals surface area contributed by atoms with E-state index in [0.717, 1.165) is 22.4 Å². The minimum Gasteiger partial charge on any atom is -0.481 e. The molecule has 4 aromatic carbocycles. The molecule has 5 aromatic rings. The third kappa shape index (κ3) is 6.99. The Morgan fingerprint density at radius 3 is 2.33 bits per heavy atom. The van der Waals surface area contributed by atoms with Gasteiger partial charge in [0.1, 0.15) is 5.75 Å². The van der Waals surface area contributed by atoms with Gasteiger partial charge < -0.3 is 20.5 Å². The maximum Gasteiger partial charge on any atom is 0.573 e. The van der Waals surface area contributed by atoms with Crippen LogP contribution < -0.4 is 15.4 Å². The molecule has 0 spiro atoms. The van der Waals surface area contributed by atoms with Crippen LogP contribution in [0.2, 0.25) is 0 Å². The Kier molecular flexibility index (Phi) is 8.27. The molecule has 0 radical (unpaired) electrons. The lowest BCUT2D eigenvalue weighted by atomic mass is 10.0. The molecule has 3 N–H and O–H groups in total. The second-order valence-electron chi connectivity index (χ2n) is 10.4. The first-order valence-electron chi connectivity index (χ1n) is 14.0. The van der Waals surface area contributed by atoms with Crippen molar-refractivity contribution in [2.24, 2.45) is 0 Å². The van der Waals surface area contributed by atoms with E-state index in [1.807, 2.05) is 18.2 Å². The van der Waals surface area contributed by atoms with Crippen molar-refractivity contribution in [1.29, 1.82) is 0 Å². The van der Waals surface area contributed by atoms with Crippen molar-refractivity contribution < 1.29 is 32.6 Å². The summed E-state index contributed by atoms with van der Waals surface area (Å²) >= 11 is 1.44. The Morgan fingerprint density at radius 1 is 0.889 bits per heavy atom. The number of benzene rings is 4. The fourth-order valence-electron chi connectivity index (χ4n) is 5.22. The quantitative estimate of drug-likeness (QED) is 0.143. The third-order valence-corrected chi connectivity index (χ3v) is 8.39. The molecule has 0 saturated carbocycles. The number of fused-ring (bicyclic) bond motifs is 3. The highest BCUT2D eigenvalue weighted by Gasteiger charge is 2.31. The number of carbonyl (C=O) groups excluding carboxylic acids is 1. The molecule has 45 heavy (non-hydrogen) atoms. The predicted octanol–water partition coefficient (Wildman–Crippen LogP) is 7.76. The van der Waals surface area contributed by atoms with Gasteiger partial charge in [-0.25, -0.2) is 4.98 Å². The van der Waals surface area contributed by atoms with Crippen LogP contribution in [0, 0.1) is 0 Å². The fraction of sp³-hybridized carbons (Fsp3) is 0.147. The van der Waals surface area contributed by atoms with Gasteiger partial charge >= 0.3 is 12.3 Å². The van der Waals surface area contributed by atoms with Crippen LogP contribution in [0.15, 0.2) is 91.0 Å². The molecule has 11 heteroatoms. The second-order valence-corrected chi connectivity index (χ2v) is 11.4. The van der Waals surface area contributed by atoms with Crippen molar-refractivity contribution in [3.05, 3.63) is 113 Å². The Labute approximate surface area is 260 Å². The van der Waals surface area contributed by atoms with E-state index in [2.05, 4.69) is 39.6 Å². The van der Waals surface area contributed by atoms with Gasteiger partial charge in [-0.1, -0.05) is 59.9 Å². The van der Waals surface area contributed by atoms with E-state index >= 15 is 0 Å². The van der Waals surface area contributed by atoms with Crippen LogP contribution in [0.25, 0.3) is 32.8 Å². The number of nitrogens with zero attached hydrogens (tertiary/aromatic N) is 1. The zero-order valence-electron chi connectivity index (χ0n) is 23.6. The van der Waals surface area contributed by atoms with E-state index in [-0.39, 0.29) is 24.6 Å². The number of nitrogens with one attached hydrogen (secondary N) is 2. The lowest BCUT2D eigenvalue weighted by Crippen LogP contribution is -2.25. The number of hydrogen-bond acceptors (Lipinski definition) is 6. The molecule has 1 aliphatic carbocycles. The summed E-state index contributed by atoms with van der Waals surface area (Å²) < 4.78 is 42.3. The number of thiazole rings is 1. The van der Waals surface area contributed by atoms with Crippen molar-refractivity contribution in [3.8, 4) is 38.6 Å². The summed E-state index contributed by atoms with van der Waals surface area (Å²) in [5.41, 5.74) is 8.40.